The Bertz CT molecular complexity index is 1660. The smallest absolute Gasteiger partial charge is 0.269 e. The van der Waals surface area contributed by atoms with E-state index in [9.17, 15) is 24.8 Å². The minimum Gasteiger partial charge on any atom is -0.396 e. The predicted octanol–water partition coefficient (Wildman–Crippen LogP) is 3.07. The van der Waals surface area contributed by atoms with Crippen LogP contribution in [0.15, 0.2) is 48.7 Å². The highest BCUT2D eigenvalue weighted by Crippen LogP contribution is 2.60. The highest BCUT2D eigenvalue weighted by atomic mass is 28.4. The van der Waals surface area contributed by atoms with Crippen LogP contribution in [-0.4, -0.2) is 77.6 Å². The Morgan fingerprint density at radius 1 is 1.24 bits per heavy atom. The molecule has 3 aliphatic rings. The van der Waals surface area contributed by atoms with E-state index < -0.39 is 42.4 Å². The second kappa shape index (κ2) is 12.3. The average Bonchev–Trinajstić information content (AvgIpc) is 3.66. The maximum Gasteiger partial charge on any atom is 0.269 e. The maximum atomic E-state index is 16.2. The molecule has 3 aliphatic heterocycles. The van der Waals surface area contributed by atoms with Crippen molar-refractivity contribution in [2.24, 2.45) is 5.92 Å². The molecule has 2 fully saturated rings. The Hall–Kier alpha value is -4.05. The number of piperazine rings is 1. The first-order chi connectivity index (χ1) is 21.9. The first kappa shape index (κ1) is 31.9. The molecule has 2 amide bonds. The lowest BCUT2D eigenvalue weighted by atomic mass is 9.82. The summed E-state index contributed by atoms with van der Waals surface area (Å²) in [7, 11) is -3.46. The Morgan fingerprint density at radius 2 is 2.04 bits per heavy atom. The van der Waals surface area contributed by atoms with E-state index in [1.54, 1.807) is 39.8 Å². The number of benzene rings is 2. The molecule has 46 heavy (non-hydrogen) atoms. The van der Waals surface area contributed by atoms with Crippen LogP contribution in [0.2, 0.25) is 18.6 Å². The lowest BCUT2D eigenvalue weighted by Crippen LogP contribution is -2.48. The van der Waals surface area contributed by atoms with Gasteiger partial charge in [0.1, 0.15) is 0 Å². The largest absolute Gasteiger partial charge is 0.396 e. The van der Waals surface area contributed by atoms with Crippen LogP contribution in [0.1, 0.15) is 30.2 Å². The number of carbonyl (C=O) groups excluding carboxylic acids is 2. The van der Waals surface area contributed by atoms with Gasteiger partial charge in [-0.05, 0) is 43.3 Å². The summed E-state index contributed by atoms with van der Waals surface area (Å²) in [6, 6.07) is 11.8. The number of aromatic nitrogens is 3. The van der Waals surface area contributed by atoms with Crippen LogP contribution in [-0.2, 0) is 39.4 Å². The molecular formula is C31H38FN7O6Si. The van der Waals surface area contributed by atoms with E-state index in [0.29, 0.717) is 49.4 Å². The van der Waals surface area contributed by atoms with Crippen molar-refractivity contribution >= 4 is 37.3 Å². The summed E-state index contributed by atoms with van der Waals surface area (Å²) in [6.45, 7) is 6.88. The third-order valence-electron chi connectivity index (χ3n) is 9.40. The summed E-state index contributed by atoms with van der Waals surface area (Å²) in [6.07, 6.45) is 1.77. The lowest BCUT2D eigenvalue weighted by Gasteiger charge is -2.31. The molecule has 4 atom stereocenters. The molecule has 4 heterocycles. The zero-order valence-corrected chi connectivity index (χ0v) is 27.1. The van der Waals surface area contributed by atoms with Gasteiger partial charge in [0.05, 0.1) is 35.5 Å². The summed E-state index contributed by atoms with van der Waals surface area (Å²) in [5.41, 5.74) is 0.568. The van der Waals surface area contributed by atoms with Crippen molar-refractivity contribution in [1.82, 2.24) is 20.3 Å². The zero-order valence-electron chi connectivity index (χ0n) is 26.1. The number of amides is 2. The number of nitro groups is 1. The molecule has 244 valence electrons. The number of aliphatic hydroxyl groups is 1. The van der Waals surface area contributed by atoms with Gasteiger partial charge in [-0.1, -0.05) is 24.3 Å². The monoisotopic (exact) mass is 651 g/mol. The maximum absolute atomic E-state index is 16.2. The van der Waals surface area contributed by atoms with Crippen LogP contribution in [0.3, 0.4) is 0 Å². The van der Waals surface area contributed by atoms with Crippen molar-refractivity contribution in [1.29, 1.82) is 0 Å². The van der Waals surface area contributed by atoms with Gasteiger partial charge in [-0.3, -0.25) is 24.4 Å². The van der Waals surface area contributed by atoms with Gasteiger partial charge in [0.15, 0.2) is 5.60 Å². The topological polar surface area (TPSA) is 156 Å². The van der Waals surface area contributed by atoms with E-state index in [1.165, 1.54) is 12.1 Å². The Kier molecular flexibility index (Phi) is 8.52. The number of aliphatic hydroxyl groups excluding tert-OH is 1. The molecule has 1 aromatic heterocycles. The predicted molar refractivity (Wildman–Crippen MR) is 169 cm³/mol. The molecule has 0 saturated carbocycles. The van der Waals surface area contributed by atoms with Crippen LogP contribution in [0, 0.1) is 16.0 Å². The summed E-state index contributed by atoms with van der Waals surface area (Å²) in [4.78, 5) is 41.9. The van der Waals surface area contributed by atoms with Gasteiger partial charge in [0, 0.05) is 73.7 Å². The van der Waals surface area contributed by atoms with Crippen LogP contribution < -0.4 is 15.1 Å². The number of aryl methyl sites for hydroxylation is 1. The fourth-order valence-electron chi connectivity index (χ4n) is 7.40. The number of nitrogens with one attached hydrogen (secondary N) is 1. The van der Waals surface area contributed by atoms with Crippen LogP contribution in [0.25, 0.3) is 0 Å². The quantitative estimate of drug-likeness (QED) is 0.146. The van der Waals surface area contributed by atoms with Gasteiger partial charge in [0.2, 0.25) is 14.3 Å². The molecule has 2 N–H and O–H groups in total. The Balaban J connectivity index is 1.36. The van der Waals surface area contributed by atoms with E-state index in [4.69, 9.17) is 4.74 Å². The fourth-order valence-corrected chi connectivity index (χ4v) is 9.94. The average molecular weight is 652 g/mol. The van der Waals surface area contributed by atoms with Gasteiger partial charge in [0.25, 0.3) is 11.6 Å². The van der Waals surface area contributed by atoms with Crippen molar-refractivity contribution < 1.29 is 28.5 Å². The lowest BCUT2D eigenvalue weighted by molar-refractivity contribution is -0.385. The van der Waals surface area contributed by atoms with Gasteiger partial charge in [-0.25, -0.2) is 0 Å². The molecule has 3 aromatic rings. The third-order valence-corrected chi connectivity index (χ3v) is 11.9. The SMILES string of the molecule is C[C@@H]1[C@@H]([Si](C)(C)F)[C@H](CCn2cc(CCO)nn2)O[C@@]12C(=O)N(Cc1cccc(N3CCNCC3=O)c1)c1ccc([N+](=O)[O-])cc12. The van der Waals surface area contributed by atoms with Crippen molar-refractivity contribution in [3.05, 3.63) is 75.6 Å². The Labute approximate surface area is 266 Å². The standard InChI is InChI=1S/C31H38FN7O6Si/c1-20-29(46(2,3)32)27(9-12-36-19-22(10-14-40)34-35-36)45-31(20)25-16-24(39(43)44)7-8-26(25)38(30(31)42)18-21-5-4-6-23(15-21)37-13-11-33-17-28(37)41/h4-8,15-16,19-20,27,29,33,40H,9-14,17-18H2,1-3H3/t20-,27+,29-,31+/m1/s1. The van der Waals surface area contributed by atoms with Crippen molar-refractivity contribution in [2.75, 3.05) is 36.0 Å². The molecule has 0 unspecified atom stereocenters. The van der Waals surface area contributed by atoms with E-state index >= 15 is 4.11 Å². The first-order valence-electron chi connectivity index (χ1n) is 15.5. The number of carbonyl (C=O) groups is 2. The number of ether oxygens (including phenoxy) is 1. The molecular weight excluding hydrogens is 613 g/mol. The van der Waals surface area contributed by atoms with Crippen LogP contribution in [0.5, 0.6) is 0 Å². The van der Waals surface area contributed by atoms with Crippen molar-refractivity contribution in [2.45, 2.75) is 63.2 Å². The highest BCUT2D eigenvalue weighted by Gasteiger charge is 2.66. The van der Waals surface area contributed by atoms with Crippen LogP contribution in [0.4, 0.5) is 21.2 Å². The molecule has 0 aliphatic carbocycles. The van der Waals surface area contributed by atoms with Gasteiger partial charge in [-0.15, -0.1) is 5.10 Å². The Morgan fingerprint density at radius 3 is 2.76 bits per heavy atom. The zero-order chi connectivity index (χ0) is 32.8. The van der Waals surface area contributed by atoms with Gasteiger partial charge >= 0.3 is 0 Å². The van der Waals surface area contributed by atoms with E-state index in [0.717, 1.165) is 11.3 Å². The van der Waals surface area contributed by atoms with Gasteiger partial charge in [-0.2, -0.15) is 0 Å². The minimum absolute atomic E-state index is 0.0453. The summed E-state index contributed by atoms with van der Waals surface area (Å²) >= 11 is 0. The number of anilines is 2. The number of rotatable bonds is 10. The molecule has 13 nitrogen and oxygen atoms in total. The molecule has 2 aromatic carbocycles. The number of non-ortho nitro benzene ring substituents is 1. The molecule has 15 heteroatoms. The highest BCUT2D eigenvalue weighted by molar-refractivity contribution is 6.72. The van der Waals surface area contributed by atoms with E-state index in [1.807, 2.05) is 31.2 Å². The number of fused-ring (bicyclic) bond motifs is 2. The normalized spacial score (nSPS) is 24.7. The minimum atomic E-state index is -3.46. The molecule has 0 bridgehead atoms. The number of halogens is 1. The fraction of sp³-hybridized carbons (Fsp3) is 0.484. The number of nitro benzene ring substituents is 1. The van der Waals surface area contributed by atoms with Crippen molar-refractivity contribution in [3.63, 3.8) is 0 Å². The summed E-state index contributed by atoms with van der Waals surface area (Å²) in [5, 5.41) is 32.4. The number of hydrogen-bond donors (Lipinski definition) is 2. The number of hydrogen-bond acceptors (Lipinski definition) is 9. The van der Waals surface area contributed by atoms with E-state index in [2.05, 4.69) is 15.6 Å². The van der Waals surface area contributed by atoms with Crippen LogP contribution >= 0.6 is 0 Å². The molecule has 1 spiro atoms. The van der Waals surface area contributed by atoms with E-state index in [-0.39, 0.29) is 31.3 Å². The summed E-state index contributed by atoms with van der Waals surface area (Å²) < 4.78 is 24.5. The van der Waals surface area contributed by atoms with Crippen molar-refractivity contribution in [3.8, 4) is 0 Å². The second-order valence-electron chi connectivity index (χ2n) is 12.7. The van der Waals surface area contributed by atoms with Gasteiger partial charge < -0.3 is 29.1 Å². The molecule has 6 rings (SSSR count). The molecule has 2 saturated heterocycles. The second-order valence-corrected chi connectivity index (χ2v) is 16.5. The molecule has 0 radical (unpaired) electrons. The third kappa shape index (κ3) is 5.61. The number of nitrogens with zero attached hydrogens (tertiary/aromatic N) is 6. The summed E-state index contributed by atoms with van der Waals surface area (Å²) in [5.74, 6) is -1.06. The first-order valence-corrected chi connectivity index (χ1v) is 18.5.